The maximum Gasteiger partial charge on any atom is 0.243 e. The van der Waals surface area contributed by atoms with Crippen molar-refractivity contribution in [1.82, 2.24) is 8.61 Å². The van der Waals surface area contributed by atoms with Gasteiger partial charge in [0.15, 0.2) is 0 Å². The van der Waals surface area contributed by atoms with Crippen molar-refractivity contribution >= 4 is 20.0 Å². The zero-order valence-electron chi connectivity index (χ0n) is 15.9. The monoisotopic (exact) mass is 438 g/mol. The summed E-state index contributed by atoms with van der Waals surface area (Å²) in [6.07, 6.45) is 0.687. The van der Waals surface area contributed by atoms with E-state index in [4.69, 9.17) is 9.47 Å². The van der Waals surface area contributed by atoms with E-state index >= 15 is 0 Å². The highest BCUT2D eigenvalue weighted by Gasteiger charge is 2.34. The number of methoxy groups -OCH3 is 1. The predicted octanol–water partition coefficient (Wildman–Crippen LogP) is 1.33. The Morgan fingerprint density at radius 1 is 0.828 bits per heavy atom. The van der Waals surface area contributed by atoms with Gasteiger partial charge in [0.1, 0.15) is 11.5 Å². The molecule has 2 aromatic rings. The minimum atomic E-state index is -3.69. The summed E-state index contributed by atoms with van der Waals surface area (Å²) < 4.78 is 64.8. The normalized spacial score (nSPS) is 18.2. The Balaban J connectivity index is 1.48. The fourth-order valence-corrected chi connectivity index (χ4v) is 6.42. The second-order valence-corrected chi connectivity index (χ2v) is 10.7. The van der Waals surface area contributed by atoms with Gasteiger partial charge in [0.2, 0.25) is 20.0 Å². The van der Waals surface area contributed by atoms with Crippen LogP contribution in [0.4, 0.5) is 0 Å². The molecule has 0 N–H and O–H groups in total. The lowest BCUT2D eigenvalue weighted by Gasteiger charge is -2.33. The van der Waals surface area contributed by atoms with E-state index < -0.39 is 20.0 Å². The maximum absolute atomic E-state index is 13.0. The largest absolute Gasteiger partial charge is 0.497 e. The summed E-state index contributed by atoms with van der Waals surface area (Å²) in [6, 6.07) is 11.0. The van der Waals surface area contributed by atoms with Gasteiger partial charge in [0, 0.05) is 32.6 Å². The fourth-order valence-electron chi connectivity index (χ4n) is 3.52. The van der Waals surface area contributed by atoms with Gasteiger partial charge in [-0.15, -0.1) is 0 Å². The lowest BCUT2D eigenvalue weighted by molar-refractivity contribution is 0.273. The van der Waals surface area contributed by atoms with E-state index in [-0.39, 0.29) is 36.0 Å². The molecule has 0 spiro atoms. The van der Waals surface area contributed by atoms with Crippen LogP contribution in [0, 0.1) is 0 Å². The first kappa shape index (κ1) is 20.1. The molecule has 0 aromatic heterocycles. The molecule has 0 amide bonds. The number of fused-ring (bicyclic) bond motifs is 1. The SMILES string of the molecule is COc1ccc(S(=O)(=O)N2CCN(S(=O)(=O)c3ccc4c(c3)CCO4)CC2)cc1. The van der Waals surface area contributed by atoms with Crippen LogP contribution in [0.1, 0.15) is 5.56 Å². The summed E-state index contributed by atoms with van der Waals surface area (Å²) in [5.74, 6) is 1.29. The molecule has 2 aliphatic heterocycles. The molecule has 156 valence electrons. The highest BCUT2D eigenvalue weighted by Crippen LogP contribution is 2.29. The van der Waals surface area contributed by atoms with Gasteiger partial charge in [-0.05, 0) is 48.0 Å². The van der Waals surface area contributed by atoms with E-state index in [1.807, 2.05) is 0 Å². The van der Waals surface area contributed by atoms with Crippen molar-refractivity contribution in [2.75, 3.05) is 39.9 Å². The Bertz CT molecular complexity index is 1110. The number of piperazine rings is 1. The van der Waals surface area contributed by atoms with Crippen LogP contribution in [0.25, 0.3) is 0 Å². The average Bonchev–Trinajstić information content (AvgIpc) is 3.22. The first-order valence-electron chi connectivity index (χ1n) is 9.22. The quantitative estimate of drug-likeness (QED) is 0.699. The topological polar surface area (TPSA) is 93.2 Å². The van der Waals surface area contributed by atoms with Crippen molar-refractivity contribution in [2.24, 2.45) is 0 Å². The lowest BCUT2D eigenvalue weighted by atomic mass is 10.2. The molecule has 4 rings (SSSR count). The van der Waals surface area contributed by atoms with E-state index in [2.05, 4.69) is 0 Å². The van der Waals surface area contributed by atoms with Crippen molar-refractivity contribution in [3.63, 3.8) is 0 Å². The van der Waals surface area contributed by atoms with Crippen molar-refractivity contribution in [3.05, 3.63) is 48.0 Å². The van der Waals surface area contributed by atoms with Gasteiger partial charge in [-0.1, -0.05) is 0 Å². The number of sulfonamides is 2. The Morgan fingerprint density at radius 3 is 1.97 bits per heavy atom. The van der Waals surface area contributed by atoms with Crippen molar-refractivity contribution < 1.29 is 26.3 Å². The molecule has 29 heavy (non-hydrogen) atoms. The molecule has 0 aliphatic carbocycles. The minimum absolute atomic E-state index is 0.0989. The van der Waals surface area contributed by atoms with E-state index in [9.17, 15) is 16.8 Å². The molecule has 0 unspecified atom stereocenters. The van der Waals surface area contributed by atoms with Gasteiger partial charge in [-0.2, -0.15) is 8.61 Å². The predicted molar refractivity (Wildman–Crippen MR) is 106 cm³/mol. The summed E-state index contributed by atoms with van der Waals surface area (Å²) in [5, 5.41) is 0. The first-order chi connectivity index (χ1) is 13.8. The summed E-state index contributed by atoms with van der Waals surface area (Å²) in [5.41, 5.74) is 0.881. The average molecular weight is 439 g/mol. The molecular formula is C19H22N2O6S2. The van der Waals surface area contributed by atoms with Crippen LogP contribution in [0.2, 0.25) is 0 Å². The van der Waals surface area contributed by atoms with Gasteiger partial charge < -0.3 is 9.47 Å². The molecule has 1 fully saturated rings. The molecule has 10 heteroatoms. The van der Waals surface area contributed by atoms with E-state index in [0.29, 0.717) is 18.8 Å². The third-order valence-corrected chi connectivity index (χ3v) is 9.00. The smallest absolute Gasteiger partial charge is 0.243 e. The van der Waals surface area contributed by atoms with Gasteiger partial charge in [-0.25, -0.2) is 16.8 Å². The number of rotatable bonds is 5. The lowest BCUT2D eigenvalue weighted by Crippen LogP contribution is -2.50. The van der Waals surface area contributed by atoms with Crippen LogP contribution in [-0.4, -0.2) is 65.3 Å². The molecule has 0 radical (unpaired) electrons. The second kappa shape index (κ2) is 7.60. The second-order valence-electron chi connectivity index (χ2n) is 6.85. The number of benzene rings is 2. The third-order valence-electron chi connectivity index (χ3n) is 5.19. The van der Waals surface area contributed by atoms with Crippen LogP contribution in [0.5, 0.6) is 11.5 Å². The molecule has 0 saturated carbocycles. The van der Waals surface area contributed by atoms with Gasteiger partial charge in [-0.3, -0.25) is 0 Å². The highest BCUT2D eigenvalue weighted by molar-refractivity contribution is 7.89. The molecular weight excluding hydrogens is 416 g/mol. The molecule has 0 atom stereocenters. The van der Waals surface area contributed by atoms with Gasteiger partial charge >= 0.3 is 0 Å². The minimum Gasteiger partial charge on any atom is -0.497 e. The van der Waals surface area contributed by atoms with E-state index in [1.54, 1.807) is 30.3 Å². The van der Waals surface area contributed by atoms with Crippen LogP contribution >= 0.6 is 0 Å². The van der Waals surface area contributed by atoms with Crippen LogP contribution < -0.4 is 9.47 Å². The molecule has 2 aromatic carbocycles. The molecule has 1 saturated heterocycles. The molecule has 2 heterocycles. The fraction of sp³-hybridized carbons (Fsp3) is 0.368. The Morgan fingerprint density at radius 2 is 1.38 bits per heavy atom. The van der Waals surface area contributed by atoms with Gasteiger partial charge in [0.25, 0.3) is 0 Å². The van der Waals surface area contributed by atoms with Crippen molar-refractivity contribution in [2.45, 2.75) is 16.2 Å². The zero-order chi connectivity index (χ0) is 20.6. The summed E-state index contributed by atoms with van der Waals surface area (Å²) in [4.78, 5) is 0.376. The van der Waals surface area contributed by atoms with Crippen LogP contribution in [0.3, 0.4) is 0 Å². The number of hydrogen-bond acceptors (Lipinski definition) is 6. The Labute approximate surface area is 170 Å². The van der Waals surface area contributed by atoms with Crippen molar-refractivity contribution in [1.29, 1.82) is 0 Å². The number of nitrogens with zero attached hydrogens (tertiary/aromatic N) is 2. The summed E-state index contributed by atoms with van der Waals surface area (Å²) >= 11 is 0. The molecule has 2 aliphatic rings. The van der Waals surface area contributed by atoms with Crippen molar-refractivity contribution in [3.8, 4) is 11.5 Å². The van der Waals surface area contributed by atoms with Gasteiger partial charge in [0.05, 0.1) is 23.5 Å². The first-order valence-corrected chi connectivity index (χ1v) is 12.1. The molecule has 8 nitrogen and oxygen atoms in total. The van der Waals surface area contributed by atoms with E-state index in [1.165, 1.54) is 27.9 Å². The zero-order valence-corrected chi connectivity index (χ0v) is 17.6. The summed E-state index contributed by atoms with van der Waals surface area (Å²) in [6.45, 7) is 0.959. The van der Waals surface area contributed by atoms with Crippen LogP contribution in [0.15, 0.2) is 52.3 Å². The Kier molecular flexibility index (Phi) is 5.28. The number of hydrogen-bond donors (Lipinski definition) is 0. The highest BCUT2D eigenvalue weighted by atomic mass is 32.2. The summed E-state index contributed by atoms with van der Waals surface area (Å²) in [7, 11) is -5.86. The third kappa shape index (κ3) is 3.73. The maximum atomic E-state index is 13.0. The number of ether oxygens (including phenoxy) is 2. The van der Waals surface area contributed by atoms with Crippen LogP contribution in [-0.2, 0) is 26.5 Å². The molecule has 0 bridgehead atoms. The Hall–Kier alpha value is -2.14. The standard InChI is InChI=1S/C19H22N2O6S2/c1-26-16-2-4-17(5-3-16)28(22,23)20-9-11-21(12-10-20)29(24,25)18-6-7-19-15(14-18)8-13-27-19/h2-7,14H,8-13H2,1H3. The van der Waals surface area contributed by atoms with E-state index in [0.717, 1.165) is 11.3 Å².